The number of halogens is 1. The Morgan fingerprint density at radius 1 is 1.29 bits per heavy atom. The molecule has 0 unspecified atom stereocenters. The molecule has 24 heavy (non-hydrogen) atoms. The number of rotatable bonds is 4. The van der Waals surface area contributed by atoms with Gasteiger partial charge in [0.1, 0.15) is 5.75 Å². The Bertz CT molecular complexity index is 696. The molecule has 1 fully saturated rings. The zero-order chi connectivity index (χ0) is 17.1. The number of piperazine rings is 1. The van der Waals surface area contributed by atoms with Gasteiger partial charge in [-0.2, -0.15) is 4.98 Å². The van der Waals surface area contributed by atoms with Crippen molar-refractivity contribution in [2.45, 2.75) is 13.0 Å². The molecule has 1 aliphatic rings. The van der Waals surface area contributed by atoms with Crippen molar-refractivity contribution in [1.82, 2.24) is 20.1 Å². The molecule has 1 aromatic heterocycles. The van der Waals surface area contributed by atoms with Crippen LogP contribution in [-0.2, 0) is 4.79 Å². The maximum absolute atomic E-state index is 12.5. The summed E-state index contributed by atoms with van der Waals surface area (Å²) in [6, 6.07) is 7.43. The highest BCUT2D eigenvalue weighted by Crippen LogP contribution is 2.18. The zero-order valence-electron chi connectivity index (χ0n) is 13.3. The lowest BCUT2D eigenvalue weighted by atomic mass is 10.2. The quantitative estimate of drug-likeness (QED) is 0.809. The molecule has 0 saturated carbocycles. The minimum absolute atomic E-state index is 0.0212. The second kappa shape index (κ2) is 7.08. The monoisotopic (exact) mass is 394 g/mol. The molecule has 3 N–H and O–H groups in total. The van der Waals surface area contributed by atoms with Crippen LogP contribution in [0.25, 0.3) is 0 Å². The summed E-state index contributed by atoms with van der Waals surface area (Å²) in [5, 5.41) is 6.66. The summed E-state index contributed by atoms with van der Waals surface area (Å²) in [6.45, 7) is 4.29. The van der Waals surface area contributed by atoms with Crippen LogP contribution in [0.1, 0.15) is 6.92 Å². The number of nitrogens with two attached hydrogens (primary N) is 1. The van der Waals surface area contributed by atoms with E-state index in [2.05, 4.69) is 31.1 Å². The third-order valence-corrected chi connectivity index (χ3v) is 4.37. The van der Waals surface area contributed by atoms with Gasteiger partial charge in [-0.15, -0.1) is 5.10 Å². The maximum Gasteiger partial charge on any atom is 0.263 e. The lowest BCUT2D eigenvalue weighted by Crippen LogP contribution is -2.52. The van der Waals surface area contributed by atoms with Crippen molar-refractivity contribution in [3.8, 4) is 5.75 Å². The third-order valence-electron chi connectivity index (χ3n) is 3.84. The molecule has 1 amide bonds. The van der Waals surface area contributed by atoms with Crippen LogP contribution in [0, 0.1) is 0 Å². The highest BCUT2D eigenvalue weighted by Gasteiger charge is 2.27. The maximum atomic E-state index is 12.5. The number of ether oxygens (including phenoxy) is 1. The summed E-state index contributed by atoms with van der Waals surface area (Å²) >= 11 is 3.37. The van der Waals surface area contributed by atoms with Crippen LogP contribution in [-0.4, -0.2) is 58.3 Å². The van der Waals surface area contributed by atoms with Crippen LogP contribution in [0.5, 0.6) is 5.75 Å². The van der Waals surface area contributed by atoms with Crippen molar-refractivity contribution in [2.75, 3.05) is 36.8 Å². The van der Waals surface area contributed by atoms with E-state index in [1.54, 1.807) is 11.8 Å². The van der Waals surface area contributed by atoms with Crippen molar-refractivity contribution in [3.05, 3.63) is 28.7 Å². The Morgan fingerprint density at radius 3 is 2.54 bits per heavy atom. The number of H-pyrrole nitrogens is 1. The Labute approximate surface area is 148 Å². The molecule has 0 spiro atoms. The topological polar surface area (TPSA) is 100 Å². The summed E-state index contributed by atoms with van der Waals surface area (Å²) in [4.78, 5) is 20.4. The van der Waals surface area contributed by atoms with Crippen molar-refractivity contribution in [2.24, 2.45) is 0 Å². The molecule has 2 heterocycles. The van der Waals surface area contributed by atoms with Crippen molar-refractivity contribution >= 4 is 33.7 Å². The van der Waals surface area contributed by atoms with Crippen LogP contribution >= 0.6 is 15.9 Å². The summed E-state index contributed by atoms with van der Waals surface area (Å²) in [5.41, 5.74) is 5.54. The van der Waals surface area contributed by atoms with Crippen LogP contribution in [0.15, 0.2) is 28.7 Å². The number of carbonyl (C=O) groups is 1. The molecule has 1 aromatic carbocycles. The van der Waals surface area contributed by atoms with Gasteiger partial charge in [0.25, 0.3) is 5.91 Å². The Kier molecular flexibility index (Phi) is 4.89. The van der Waals surface area contributed by atoms with Gasteiger partial charge in [0.15, 0.2) is 6.10 Å². The second-order valence-corrected chi connectivity index (χ2v) is 6.46. The lowest BCUT2D eigenvalue weighted by Gasteiger charge is -2.35. The van der Waals surface area contributed by atoms with Gasteiger partial charge in [0, 0.05) is 30.7 Å². The molecule has 1 aliphatic heterocycles. The van der Waals surface area contributed by atoms with E-state index < -0.39 is 6.10 Å². The first-order valence-electron chi connectivity index (χ1n) is 7.67. The molecule has 1 atom stereocenters. The summed E-state index contributed by atoms with van der Waals surface area (Å²) in [7, 11) is 0. The van der Waals surface area contributed by atoms with E-state index in [1.807, 2.05) is 29.2 Å². The SMILES string of the molecule is C[C@@H](Oc1ccc(Br)cc1)C(=O)N1CCN(c2n[nH]c(N)n2)CC1. The number of anilines is 2. The lowest BCUT2D eigenvalue weighted by molar-refractivity contribution is -0.138. The molecule has 0 radical (unpaired) electrons. The Hall–Kier alpha value is -2.29. The van der Waals surface area contributed by atoms with E-state index >= 15 is 0 Å². The predicted molar refractivity (Wildman–Crippen MR) is 93.8 cm³/mol. The molecule has 9 heteroatoms. The first kappa shape index (κ1) is 16.6. The van der Waals surface area contributed by atoms with Gasteiger partial charge in [0.2, 0.25) is 11.9 Å². The summed E-state index contributed by atoms with van der Waals surface area (Å²) in [6.07, 6.45) is -0.531. The fourth-order valence-corrected chi connectivity index (χ4v) is 2.82. The molecule has 0 aliphatic carbocycles. The Balaban J connectivity index is 1.53. The first-order chi connectivity index (χ1) is 11.5. The third kappa shape index (κ3) is 3.78. The summed E-state index contributed by atoms with van der Waals surface area (Å²) < 4.78 is 6.70. The number of nitrogen functional groups attached to an aromatic ring is 1. The highest BCUT2D eigenvalue weighted by atomic mass is 79.9. The average Bonchev–Trinajstić information content (AvgIpc) is 3.03. The molecule has 1 saturated heterocycles. The molecule has 2 aromatic rings. The highest BCUT2D eigenvalue weighted by molar-refractivity contribution is 9.10. The number of hydrogen-bond acceptors (Lipinski definition) is 6. The fourth-order valence-electron chi connectivity index (χ4n) is 2.56. The van der Waals surface area contributed by atoms with E-state index in [9.17, 15) is 4.79 Å². The number of amides is 1. The average molecular weight is 395 g/mol. The minimum Gasteiger partial charge on any atom is -0.481 e. The first-order valence-corrected chi connectivity index (χ1v) is 8.46. The van der Waals surface area contributed by atoms with Crippen molar-refractivity contribution in [1.29, 1.82) is 0 Å². The smallest absolute Gasteiger partial charge is 0.263 e. The van der Waals surface area contributed by atoms with E-state index in [4.69, 9.17) is 10.5 Å². The van der Waals surface area contributed by atoms with Crippen LogP contribution in [0.3, 0.4) is 0 Å². The largest absolute Gasteiger partial charge is 0.481 e. The van der Waals surface area contributed by atoms with Gasteiger partial charge in [0.05, 0.1) is 0 Å². The molecule has 0 bridgehead atoms. The normalized spacial score (nSPS) is 16.1. The van der Waals surface area contributed by atoms with Gasteiger partial charge in [-0.1, -0.05) is 15.9 Å². The van der Waals surface area contributed by atoms with Crippen molar-refractivity contribution in [3.63, 3.8) is 0 Å². The van der Waals surface area contributed by atoms with Crippen LogP contribution < -0.4 is 15.4 Å². The van der Waals surface area contributed by atoms with Crippen LogP contribution in [0.2, 0.25) is 0 Å². The number of benzene rings is 1. The molecule has 128 valence electrons. The number of aromatic amines is 1. The number of aromatic nitrogens is 3. The van der Waals surface area contributed by atoms with E-state index in [0.29, 0.717) is 43.8 Å². The van der Waals surface area contributed by atoms with Crippen LogP contribution in [0.4, 0.5) is 11.9 Å². The van der Waals surface area contributed by atoms with Gasteiger partial charge >= 0.3 is 0 Å². The minimum atomic E-state index is -0.531. The number of nitrogens with one attached hydrogen (secondary N) is 1. The molecule has 8 nitrogen and oxygen atoms in total. The number of carbonyl (C=O) groups excluding carboxylic acids is 1. The number of hydrogen-bond donors (Lipinski definition) is 2. The van der Waals surface area contributed by atoms with Gasteiger partial charge in [-0.3, -0.25) is 4.79 Å². The van der Waals surface area contributed by atoms with Crippen molar-refractivity contribution < 1.29 is 9.53 Å². The van der Waals surface area contributed by atoms with Gasteiger partial charge in [-0.25, -0.2) is 5.10 Å². The van der Waals surface area contributed by atoms with Gasteiger partial charge < -0.3 is 20.3 Å². The zero-order valence-corrected chi connectivity index (χ0v) is 14.9. The van der Waals surface area contributed by atoms with Gasteiger partial charge in [-0.05, 0) is 31.2 Å². The standard InChI is InChI=1S/C15H19BrN6O2/c1-10(24-12-4-2-11(16)3-5-12)13(23)21-6-8-22(9-7-21)15-18-14(17)19-20-15/h2-5,10H,6-9H2,1H3,(H3,17,18,19,20)/t10-/m1/s1. The van der Waals surface area contributed by atoms with E-state index in [1.165, 1.54) is 0 Å². The van der Waals surface area contributed by atoms with E-state index in [0.717, 1.165) is 4.47 Å². The fraction of sp³-hybridized carbons (Fsp3) is 0.400. The molecular weight excluding hydrogens is 376 g/mol. The Morgan fingerprint density at radius 2 is 1.96 bits per heavy atom. The summed E-state index contributed by atoms with van der Waals surface area (Å²) in [5.74, 6) is 1.51. The molecule has 3 rings (SSSR count). The second-order valence-electron chi connectivity index (χ2n) is 5.55. The molecular formula is C15H19BrN6O2. The predicted octanol–water partition coefficient (Wildman–Crippen LogP) is 1.27. The van der Waals surface area contributed by atoms with E-state index in [-0.39, 0.29) is 5.91 Å². The number of nitrogens with zero attached hydrogens (tertiary/aromatic N) is 4.